The van der Waals surface area contributed by atoms with E-state index in [2.05, 4.69) is 4.90 Å². The quantitative estimate of drug-likeness (QED) is 0.172. The van der Waals surface area contributed by atoms with Crippen LogP contribution in [-0.4, -0.2) is 103 Å². The first-order chi connectivity index (χ1) is 26.1. The maximum Gasteiger partial charge on any atom is 0.310 e. The molecular formula is C39H51F2N7O6S. The lowest BCUT2D eigenvalue weighted by Gasteiger charge is -2.38. The summed E-state index contributed by atoms with van der Waals surface area (Å²) in [6.07, 6.45) is 2.84. The van der Waals surface area contributed by atoms with Crippen LogP contribution in [0.4, 0.5) is 8.78 Å². The van der Waals surface area contributed by atoms with Gasteiger partial charge in [-0.1, -0.05) is 12.5 Å². The number of halogens is 2. The summed E-state index contributed by atoms with van der Waals surface area (Å²) in [6.45, 7) is 13.2. The Bertz CT molecular complexity index is 2010. The van der Waals surface area contributed by atoms with Gasteiger partial charge in [-0.05, 0) is 95.4 Å². The van der Waals surface area contributed by atoms with Gasteiger partial charge in [0.25, 0.3) is 6.43 Å². The molecule has 0 radical (unpaired) electrons. The number of nitrogens with zero attached hydrogens (tertiary/aromatic N) is 5. The number of fused-ring (bicyclic) bond motifs is 1. The molecule has 6 rings (SSSR count). The van der Waals surface area contributed by atoms with Crippen LogP contribution in [0.2, 0.25) is 0 Å². The molecule has 6 heterocycles. The lowest BCUT2D eigenvalue weighted by Crippen LogP contribution is -2.49. The summed E-state index contributed by atoms with van der Waals surface area (Å²) < 4.78 is 62.7. The number of aliphatic carboxylic acids is 1. The van der Waals surface area contributed by atoms with Crippen molar-refractivity contribution in [3.63, 3.8) is 0 Å². The lowest BCUT2D eigenvalue weighted by molar-refractivity contribution is -0.147. The van der Waals surface area contributed by atoms with Crippen LogP contribution < -0.4 is 15.0 Å². The first kappa shape index (κ1) is 40.5. The van der Waals surface area contributed by atoms with Gasteiger partial charge in [-0.3, -0.25) is 30.1 Å². The third kappa shape index (κ3) is 8.52. The molecule has 3 aliphatic rings. The second-order valence-corrected chi connectivity index (χ2v) is 16.8. The SMILES string of the molecule is Cc1ccc(C(c2ccn(C(=N)C(F)F)c(=N)c2C)C(C)(C)C(=O)O)nc1CN1CC2(CCOCC2)Oc2nc(OCCN3CCCCC3)c(C)cc2S1=O. The average molecular weight is 784 g/mol. The molecule has 16 heteroatoms. The Labute approximate surface area is 322 Å². The van der Waals surface area contributed by atoms with Crippen LogP contribution in [0.15, 0.2) is 35.4 Å². The van der Waals surface area contributed by atoms with Gasteiger partial charge in [-0.25, -0.2) is 17.3 Å². The van der Waals surface area contributed by atoms with Crippen molar-refractivity contribution in [3.05, 3.63) is 69.6 Å². The summed E-state index contributed by atoms with van der Waals surface area (Å²) in [5, 5.41) is 26.9. The summed E-state index contributed by atoms with van der Waals surface area (Å²) >= 11 is 0. The van der Waals surface area contributed by atoms with E-state index < -0.39 is 46.1 Å². The number of hydrogen-bond donors (Lipinski definition) is 3. The Kier molecular flexibility index (Phi) is 12.2. The molecule has 3 N–H and O–H groups in total. The fourth-order valence-electron chi connectivity index (χ4n) is 7.64. The maximum atomic E-state index is 14.6. The molecule has 298 valence electrons. The standard InChI is InChI=1S/C39H51F2N7O6S/c1-24-9-10-28(31(38(4,5)37(49)50)27-11-16-48(33(42)26(27)3)34(43)32(40)41)44-29(24)22-47-23-39(12-18-52-19-13-39)54-36-30(55(47)51)21-25(2)35(45-36)53-20-17-46-14-7-6-8-15-46/h9-11,16,21,31-32,42-43H,6-8,12-15,17-20,22-23H2,1-5H3,(H,49,50). The second-order valence-electron chi connectivity index (χ2n) is 15.4. The summed E-state index contributed by atoms with van der Waals surface area (Å²) in [4.78, 5) is 25.4. The maximum absolute atomic E-state index is 14.6. The van der Waals surface area contributed by atoms with Crippen LogP contribution in [0, 0.1) is 37.0 Å². The number of nitrogens with one attached hydrogen (secondary N) is 2. The van der Waals surface area contributed by atoms with Crippen LogP contribution in [0.5, 0.6) is 11.8 Å². The fraction of sp³-hybridized carbons (Fsp3) is 0.564. The van der Waals surface area contributed by atoms with Crippen molar-refractivity contribution in [1.82, 2.24) is 23.7 Å². The number of aryl methyl sites for hydroxylation is 2. The zero-order valence-corrected chi connectivity index (χ0v) is 32.9. The molecule has 0 bridgehead atoms. The first-order valence-corrected chi connectivity index (χ1v) is 19.9. The highest BCUT2D eigenvalue weighted by atomic mass is 32.2. The van der Waals surface area contributed by atoms with Gasteiger partial charge in [0.2, 0.25) is 11.8 Å². The molecule has 3 aromatic rings. The van der Waals surface area contributed by atoms with Gasteiger partial charge in [0, 0.05) is 42.8 Å². The van der Waals surface area contributed by atoms with Crippen LogP contribution in [-0.2, 0) is 27.1 Å². The minimum absolute atomic E-state index is 0.133. The molecule has 0 saturated carbocycles. The van der Waals surface area contributed by atoms with Gasteiger partial charge < -0.3 is 19.3 Å². The number of ether oxygens (including phenoxy) is 3. The molecule has 3 aliphatic heterocycles. The molecule has 2 atom stereocenters. The topological polar surface area (TPSA) is 167 Å². The van der Waals surface area contributed by atoms with Crippen LogP contribution in [0.25, 0.3) is 0 Å². The number of carbonyl (C=O) groups is 1. The Morgan fingerprint density at radius 1 is 1.09 bits per heavy atom. The number of likely N-dealkylation sites (tertiary alicyclic amines) is 1. The molecule has 1 spiro atoms. The van der Waals surface area contributed by atoms with Crippen molar-refractivity contribution in [1.29, 1.82) is 10.8 Å². The molecule has 55 heavy (non-hydrogen) atoms. The van der Waals surface area contributed by atoms with Crippen LogP contribution in [0.3, 0.4) is 0 Å². The van der Waals surface area contributed by atoms with E-state index in [9.17, 15) is 22.9 Å². The fourth-order valence-corrected chi connectivity index (χ4v) is 9.02. The van der Waals surface area contributed by atoms with E-state index in [1.54, 1.807) is 26.8 Å². The van der Waals surface area contributed by atoms with E-state index in [0.717, 1.165) is 35.3 Å². The Hall–Kier alpha value is -4.12. The Balaban J connectivity index is 1.35. The largest absolute Gasteiger partial charge is 0.481 e. The summed E-state index contributed by atoms with van der Waals surface area (Å²) in [5.74, 6) is -2.37. The molecule has 2 unspecified atom stereocenters. The van der Waals surface area contributed by atoms with Crippen molar-refractivity contribution in [2.24, 2.45) is 5.41 Å². The highest BCUT2D eigenvalue weighted by molar-refractivity contribution is 7.82. The molecular weight excluding hydrogens is 733 g/mol. The van der Waals surface area contributed by atoms with E-state index in [4.69, 9.17) is 35.0 Å². The zero-order valence-electron chi connectivity index (χ0n) is 32.1. The van der Waals surface area contributed by atoms with E-state index in [1.807, 2.05) is 30.3 Å². The van der Waals surface area contributed by atoms with Gasteiger partial charge in [0.05, 0.1) is 37.4 Å². The number of pyridine rings is 3. The predicted molar refractivity (Wildman–Crippen MR) is 201 cm³/mol. The Morgan fingerprint density at radius 2 is 1.80 bits per heavy atom. The molecule has 2 fully saturated rings. The van der Waals surface area contributed by atoms with E-state index in [-0.39, 0.29) is 30.0 Å². The smallest absolute Gasteiger partial charge is 0.310 e. The van der Waals surface area contributed by atoms with Gasteiger partial charge in [0.15, 0.2) is 5.84 Å². The van der Waals surface area contributed by atoms with Gasteiger partial charge >= 0.3 is 5.97 Å². The van der Waals surface area contributed by atoms with Crippen LogP contribution >= 0.6 is 0 Å². The third-order valence-electron chi connectivity index (χ3n) is 11.1. The van der Waals surface area contributed by atoms with Crippen molar-refractivity contribution in [2.75, 3.05) is 46.0 Å². The van der Waals surface area contributed by atoms with Crippen LogP contribution in [0.1, 0.15) is 85.5 Å². The minimum atomic E-state index is -3.10. The molecule has 13 nitrogen and oxygen atoms in total. The first-order valence-electron chi connectivity index (χ1n) is 18.8. The predicted octanol–water partition coefficient (Wildman–Crippen LogP) is 5.35. The number of aromatic nitrogens is 3. The number of hydrogen-bond acceptors (Lipinski definition) is 10. The Morgan fingerprint density at radius 3 is 2.47 bits per heavy atom. The molecule has 3 aromatic heterocycles. The summed E-state index contributed by atoms with van der Waals surface area (Å²) in [7, 11) is -1.73. The lowest BCUT2D eigenvalue weighted by atomic mass is 9.72. The van der Waals surface area contributed by atoms with Gasteiger partial charge in [-0.2, -0.15) is 4.98 Å². The average Bonchev–Trinajstić information content (AvgIpc) is 3.25. The number of carboxylic acid groups (broad SMARTS) is 1. The molecule has 0 aromatic carbocycles. The highest BCUT2D eigenvalue weighted by Crippen LogP contribution is 2.42. The molecule has 0 aliphatic carbocycles. The molecule has 2 saturated heterocycles. The van der Waals surface area contributed by atoms with Crippen molar-refractivity contribution in [2.45, 2.75) is 96.1 Å². The van der Waals surface area contributed by atoms with E-state index >= 15 is 0 Å². The van der Waals surface area contributed by atoms with Crippen molar-refractivity contribution < 1.29 is 37.1 Å². The van der Waals surface area contributed by atoms with Gasteiger partial charge in [-0.15, -0.1) is 0 Å². The van der Waals surface area contributed by atoms with E-state index in [1.165, 1.54) is 31.5 Å². The summed E-state index contributed by atoms with van der Waals surface area (Å²) in [5.41, 5.74) is 0.593. The number of carboxylic acids is 1. The second kappa shape index (κ2) is 16.5. The minimum Gasteiger partial charge on any atom is -0.481 e. The zero-order chi connectivity index (χ0) is 39.7. The monoisotopic (exact) mass is 783 g/mol. The van der Waals surface area contributed by atoms with Gasteiger partial charge in [0.1, 0.15) is 33.6 Å². The van der Waals surface area contributed by atoms with E-state index in [0.29, 0.717) is 60.4 Å². The third-order valence-corrected chi connectivity index (χ3v) is 12.5. The number of rotatable bonds is 11. The normalized spacial score (nSPS) is 19.7. The molecule has 0 amide bonds. The highest BCUT2D eigenvalue weighted by Gasteiger charge is 2.44. The number of piperidine rings is 1. The van der Waals surface area contributed by atoms with Crippen molar-refractivity contribution >= 4 is 22.8 Å². The number of alkyl halides is 2. The van der Waals surface area contributed by atoms with Crippen molar-refractivity contribution in [3.8, 4) is 11.8 Å². The summed E-state index contributed by atoms with van der Waals surface area (Å²) in [6, 6.07) is 6.87.